The first-order valence-electron chi connectivity index (χ1n) is 5.24. The quantitative estimate of drug-likeness (QED) is 0.843. The van der Waals surface area contributed by atoms with Crippen LogP contribution in [0, 0.1) is 5.82 Å². The summed E-state index contributed by atoms with van der Waals surface area (Å²) in [4.78, 5) is 11.8. The van der Waals surface area contributed by atoms with E-state index in [1.165, 1.54) is 12.1 Å². The van der Waals surface area contributed by atoms with Gasteiger partial charge in [-0.3, -0.25) is 4.79 Å². The highest BCUT2D eigenvalue weighted by molar-refractivity contribution is 6.31. The molecule has 1 aliphatic heterocycles. The number of amides is 1. The molecule has 2 rings (SSSR count). The number of benzene rings is 1. The Hall–Kier alpha value is -1.17. The lowest BCUT2D eigenvalue weighted by atomic mass is 10.2. The van der Waals surface area contributed by atoms with E-state index in [9.17, 15) is 9.18 Å². The minimum Gasteiger partial charge on any atom is -0.378 e. The van der Waals surface area contributed by atoms with Gasteiger partial charge < -0.3 is 15.4 Å². The number of halogens is 2. The highest BCUT2D eigenvalue weighted by atomic mass is 35.5. The summed E-state index contributed by atoms with van der Waals surface area (Å²) in [6.45, 7) is 1.47. The molecule has 1 aromatic rings. The Morgan fingerprint density at radius 3 is 3.12 bits per heavy atom. The molecular formula is C11H12ClFN2O2. The largest absolute Gasteiger partial charge is 0.378 e. The first kappa shape index (κ1) is 12.3. The Bertz CT molecular complexity index is 422. The third-order valence-electron chi connectivity index (χ3n) is 2.45. The van der Waals surface area contributed by atoms with Gasteiger partial charge in [0.05, 0.1) is 23.9 Å². The Kier molecular flexibility index (Phi) is 3.93. The van der Waals surface area contributed by atoms with Crippen LogP contribution < -0.4 is 10.6 Å². The molecule has 0 saturated carbocycles. The highest BCUT2D eigenvalue weighted by Gasteiger charge is 2.22. The normalized spacial score (nSPS) is 20.0. The Balaban J connectivity index is 2.04. The molecule has 4 nitrogen and oxygen atoms in total. The monoisotopic (exact) mass is 258 g/mol. The summed E-state index contributed by atoms with van der Waals surface area (Å²) in [7, 11) is 0. The van der Waals surface area contributed by atoms with Gasteiger partial charge in [0.1, 0.15) is 6.04 Å². The zero-order valence-corrected chi connectivity index (χ0v) is 9.76. The SMILES string of the molecule is O=C(Nc1cccc(Cl)c1F)C1COCCN1. The molecule has 1 unspecified atom stereocenters. The van der Waals surface area contributed by atoms with Gasteiger partial charge in [0.15, 0.2) is 5.82 Å². The van der Waals surface area contributed by atoms with E-state index in [2.05, 4.69) is 10.6 Å². The summed E-state index contributed by atoms with van der Waals surface area (Å²) < 4.78 is 18.7. The Labute approximate surface area is 103 Å². The number of hydrogen-bond donors (Lipinski definition) is 2. The number of carbonyl (C=O) groups excluding carboxylic acids is 1. The molecule has 6 heteroatoms. The summed E-state index contributed by atoms with van der Waals surface area (Å²) in [5.41, 5.74) is 0.0786. The number of anilines is 1. The van der Waals surface area contributed by atoms with Crippen molar-refractivity contribution in [2.45, 2.75) is 6.04 Å². The Morgan fingerprint density at radius 1 is 1.59 bits per heavy atom. The van der Waals surface area contributed by atoms with Crippen molar-refractivity contribution >= 4 is 23.2 Å². The lowest BCUT2D eigenvalue weighted by Gasteiger charge is -2.23. The molecule has 1 fully saturated rings. The van der Waals surface area contributed by atoms with Crippen LogP contribution in [-0.4, -0.2) is 31.7 Å². The lowest BCUT2D eigenvalue weighted by Crippen LogP contribution is -2.48. The average Bonchev–Trinajstić information content (AvgIpc) is 2.36. The molecule has 17 heavy (non-hydrogen) atoms. The van der Waals surface area contributed by atoms with E-state index >= 15 is 0 Å². The minimum atomic E-state index is -0.626. The van der Waals surface area contributed by atoms with Gasteiger partial charge in [-0.2, -0.15) is 0 Å². The van der Waals surface area contributed by atoms with Crippen molar-refractivity contribution in [3.8, 4) is 0 Å². The van der Waals surface area contributed by atoms with Crippen LogP contribution in [0.25, 0.3) is 0 Å². The minimum absolute atomic E-state index is 0.0179. The number of carbonyl (C=O) groups is 1. The maximum absolute atomic E-state index is 13.5. The second kappa shape index (κ2) is 5.44. The van der Waals surface area contributed by atoms with Gasteiger partial charge in [0.2, 0.25) is 5.91 Å². The summed E-state index contributed by atoms with van der Waals surface area (Å²) in [5.74, 6) is -0.954. The van der Waals surface area contributed by atoms with Crippen LogP contribution in [0.5, 0.6) is 0 Å². The molecule has 0 aliphatic carbocycles. The third-order valence-corrected chi connectivity index (χ3v) is 2.74. The predicted octanol–water partition coefficient (Wildman–Crippen LogP) is 1.41. The fourth-order valence-corrected chi connectivity index (χ4v) is 1.73. The van der Waals surface area contributed by atoms with E-state index < -0.39 is 11.9 Å². The van der Waals surface area contributed by atoms with Gasteiger partial charge in [-0.1, -0.05) is 17.7 Å². The smallest absolute Gasteiger partial charge is 0.243 e. The van der Waals surface area contributed by atoms with E-state index in [0.29, 0.717) is 13.2 Å². The first-order chi connectivity index (χ1) is 8.18. The summed E-state index contributed by atoms with van der Waals surface area (Å²) in [6.07, 6.45) is 0. The maximum atomic E-state index is 13.5. The molecule has 1 saturated heterocycles. The predicted molar refractivity (Wildman–Crippen MR) is 62.6 cm³/mol. The zero-order valence-electron chi connectivity index (χ0n) is 9.00. The molecule has 1 amide bonds. The van der Waals surface area contributed by atoms with Crippen molar-refractivity contribution < 1.29 is 13.9 Å². The van der Waals surface area contributed by atoms with Gasteiger partial charge in [0.25, 0.3) is 0 Å². The Morgan fingerprint density at radius 2 is 2.41 bits per heavy atom. The fourth-order valence-electron chi connectivity index (χ4n) is 1.55. The molecule has 1 aromatic carbocycles. The van der Waals surface area contributed by atoms with E-state index in [1.54, 1.807) is 6.07 Å². The number of rotatable bonds is 2. The van der Waals surface area contributed by atoms with Gasteiger partial charge in [-0.05, 0) is 12.1 Å². The second-order valence-electron chi connectivity index (χ2n) is 3.67. The molecular weight excluding hydrogens is 247 g/mol. The number of ether oxygens (including phenoxy) is 1. The zero-order chi connectivity index (χ0) is 12.3. The van der Waals surface area contributed by atoms with Crippen LogP contribution in [-0.2, 0) is 9.53 Å². The van der Waals surface area contributed by atoms with Crippen LogP contribution in [0.1, 0.15) is 0 Å². The second-order valence-corrected chi connectivity index (χ2v) is 4.08. The summed E-state index contributed by atoms with van der Waals surface area (Å²) in [5, 5.41) is 5.44. The maximum Gasteiger partial charge on any atom is 0.243 e. The van der Waals surface area contributed by atoms with Gasteiger partial charge in [-0.25, -0.2) is 4.39 Å². The van der Waals surface area contributed by atoms with Crippen molar-refractivity contribution in [3.05, 3.63) is 29.0 Å². The third kappa shape index (κ3) is 2.94. The number of morpholine rings is 1. The van der Waals surface area contributed by atoms with Crippen LogP contribution in [0.15, 0.2) is 18.2 Å². The van der Waals surface area contributed by atoms with Gasteiger partial charge in [-0.15, -0.1) is 0 Å². The number of nitrogens with one attached hydrogen (secondary N) is 2. The van der Waals surface area contributed by atoms with Crippen molar-refractivity contribution in [1.82, 2.24) is 5.32 Å². The average molecular weight is 259 g/mol. The van der Waals surface area contributed by atoms with Crippen LogP contribution in [0.4, 0.5) is 10.1 Å². The van der Waals surface area contributed by atoms with Gasteiger partial charge in [0, 0.05) is 6.54 Å². The van der Waals surface area contributed by atoms with Crippen LogP contribution in [0.3, 0.4) is 0 Å². The molecule has 1 atom stereocenters. The molecule has 0 radical (unpaired) electrons. The highest BCUT2D eigenvalue weighted by Crippen LogP contribution is 2.22. The molecule has 0 spiro atoms. The summed E-state index contributed by atoms with van der Waals surface area (Å²) in [6, 6.07) is 4.01. The van der Waals surface area contributed by atoms with E-state index in [4.69, 9.17) is 16.3 Å². The van der Waals surface area contributed by atoms with E-state index in [0.717, 1.165) is 0 Å². The van der Waals surface area contributed by atoms with Crippen molar-refractivity contribution in [1.29, 1.82) is 0 Å². The lowest BCUT2D eigenvalue weighted by molar-refractivity contribution is -0.120. The van der Waals surface area contributed by atoms with Crippen molar-refractivity contribution in [2.24, 2.45) is 0 Å². The van der Waals surface area contributed by atoms with Gasteiger partial charge >= 0.3 is 0 Å². The van der Waals surface area contributed by atoms with E-state index in [-0.39, 0.29) is 23.2 Å². The standard InChI is InChI=1S/C11H12ClFN2O2/c12-7-2-1-3-8(10(7)13)15-11(16)9-6-17-5-4-14-9/h1-3,9,14H,4-6H2,(H,15,16). The van der Waals surface area contributed by atoms with Crippen molar-refractivity contribution in [2.75, 3.05) is 25.1 Å². The molecule has 1 aliphatic rings. The fraction of sp³-hybridized carbons (Fsp3) is 0.364. The molecule has 0 aromatic heterocycles. The van der Waals surface area contributed by atoms with Crippen molar-refractivity contribution in [3.63, 3.8) is 0 Å². The topological polar surface area (TPSA) is 50.4 Å². The van der Waals surface area contributed by atoms with Crippen LogP contribution in [0.2, 0.25) is 5.02 Å². The summed E-state index contributed by atoms with van der Waals surface area (Å²) >= 11 is 5.62. The number of hydrogen-bond acceptors (Lipinski definition) is 3. The van der Waals surface area contributed by atoms with E-state index in [1.807, 2.05) is 0 Å². The molecule has 92 valence electrons. The van der Waals surface area contributed by atoms with Crippen LogP contribution >= 0.6 is 11.6 Å². The first-order valence-corrected chi connectivity index (χ1v) is 5.62. The molecule has 2 N–H and O–H groups in total. The molecule has 0 bridgehead atoms. The molecule has 1 heterocycles.